The van der Waals surface area contributed by atoms with Crippen LogP contribution in [0.4, 0.5) is 4.39 Å². The van der Waals surface area contributed by atoms with E-state index >= 15 is 4.39 Å². The number of nitrogens with one attached hydrogen (secondary N) is 1. The van der Waals surface area contributed by atoms with Crippen molar-refractivity contribution in [2.24, 2.45) is 0 Å². The Kier molecular flexibility index (Phi) is 6.09. The molecule has 0 spiro atoms. The maximum Gasteiger partial charge on any atom is 0.254 e. The molecule has 0 aromatic heterocycles. The van der Waals surface area contributed by atoms with Crippen molar-refractivity contribution in [1.29, 1.82) is 0 Å². The summed E-state index contributed by atoms with van der Waals surface area (Å²) < 4.78 is 15.1. The fourth-order valence-corrected chi connectivity index (χ4v) is 6.36. The Balaban J connectivity index is 1.16. The molecule has 1 N–H and O–H groups in total. The van der Waals surface area contributed by atoms with Crippen molar-refractivity contribution < 1.29 is 14.0 Å². The van der Waals surface area contributed by atoms with Crippen LogP contribution in [0.5, 0.6) is 0 Å². The van der Waals surface area contributed by atoms with Crippen LogP contribution in [0.1, 0.15) is 77.6 Å². The zero-order valence-electron chi connectivity index (χ0n) is 20.3. The van der Waals surface area contributed by atoms with Crippen LogP contribution in [0.2, 0.25) is 0 Å². The molecule has 2 heterocycles. The van der Waals surface area contributed by atoms with Gasteiger partial charge in [-0.15, -0.1) is 0 Å². The largest absolute Gasteiger partial charge is 0.349 e. The fourth-order valence-electron chi connectivity index (χ4n) is 6.36. The van der Waals surface area contributed by atoms with Crippen LogP contribution in [0.25, 0.3) is 11.1 Å². The number of rotatable bonds is 5. The van der Waals surface area contributed by atoms with E-state index < -0.39 is 5.82 Å². The van der Waals surface area contributed by atoms with E-state index in [-0.39, 0.29) is 17.9 Å². The number of halogens is 1. The summed E-state index contributed by atoms with van der Waals surface area (Å²) >= 11 is 0. The smallest absolute Gasteiger partial charge is 0.254 e. The lowest BCUT2D eigenvalue weighted by Gasteiger charge is -2.37. The predicted molar refractivity (Wildman–Crippen MR) is 134 cm³/mol. The SMILES string of the molecule is O=C(NC1CCCC1)c1ccc(-c2ccc3c(c2)CCN([C@H]2CCN(C4CCC4)C2)C3=O)c(F)c1. The summed E-state index contributed by atoms with van der Waals surface area (Å²) in [5, 5.41) is 3.02. The Morgan fingerprint density at radius 2 is 1.69 bits per heavy atom. The van der Waals surface area contributed by atoms with Crippen LogP contribution in [0.15, 0.2) is 36.4 Å². The molecule has 6 rings (SSSR count). The molecule has 2 aromatic rings. The molecular weight excluding hydrogens is 441 g/mol. The lowest BCUT2D eigenvalue weighted by Crippen LogP contribution is -2.47. The molecule has 2 amide bonds. The van der Waals surface area contributed by atoms with Crippen molar-refractivity contribution >= 4 is 11.8 Å². The lowest BCUT2D eigenvalue weighted by molar-refractivity contribution is 0.0646. The highest BCUT2D eigenvalue weighted by Gasteiger charge is 2.37. The third kappa shape index (κ3) is 4.37. The van der Waals surface area contributed by atoms with Crippen molar-refractivity contribution in [3.63, 3.8) is 0 Å². The number of carbonyl (C=O) groups is 2. The highest BCUT2D eigenvalue weighted by atomic mass is 19.1. The van der Waals surface area contributed by atoms with E-state index in [1.165, 1.54) is 25.3 Å². The van der Waals surface area contributed by atoms with Crippen molar-refractivity contribution in [3.05, 3.63) is 58.9 Å². The van der Waals surface area contributed by atoms with Crippen LogP contribution in [-0.4, -0.2) is 59.4 Å². The standard InChI is InChI=1S/C29H34FN3O2/c30-27-17-21(28(34)31-22-4-1-2-5-22)9-10-25(27)19-8-11-26-20(16-19)12-15-33(29(26)35)24-13-14-32(18-24)23-6-3-7-23/h8-11,16-17,22-24H,1-7,12-15,18H2,(H,31,34)/t24-/m0/s1. The maximum atomic E-state index is 15.1. The van der Waals surface area contributed by atoms with E-state index in [9.17, 15) is 9.59 Å². The first-order chi connectivity index (χ1) is 17.1. The quantitative estimate of drug-likeness (QED) is 0.677. The second kappa shape index (κ2) is 9.38. The van der Waals surface area contributed by atoms with Gasteiger partial charge in [0.05, 0.1) is 0 Å². The van der Waals surface area contributed by atoms with Gasteiger partial charge in [0.25, 0.3) is 11.8 Å². The topological polar surface area (TPSA) is 52.7 Å². The number of hydrogen-bond donors (Lipinski definition) is 1. The number of nitrogens with zero attached hydrogens (tertiary/aromatic N) is 2. The van der Waals surface area contributed by atoms with Crippen LogP contribution >= 0.6 is 0 Å². The number of likely N-dealkylation sites (tertiary alicyclic amines) is 1. The molecule has 5 nitrogen and oxygen atoms in total. The van der Waals surface area contributed by atoms with Gasteiger partial charge < -0.3 is 10.2 Å². The van der Waals surface area contributed by atoms with Gasteiger partial charge in [-0.3, -0.25) is 14.5 Å². The van der Waals surface area contributed by atoms with Crippen LogP contribution in [0.3, 0.4) is 0 Å². The Bertz CT molecular complexity index is 1140. The first-order valence-electron chi connectivity index (χ1n) is 13.4. The lowest BCUT2D eigenvalue weighted by atomic mass is 9.91. The molecule has 1 atom stereocenters. The average Bonchev–Trinajstić information content (AvgIpc) is 3.50. The predicted octanol–water partition coefficient (Wildman–Crippen LogP) is 4.79. The van der Waals surface area contributed by atoms with E-state index in [1.807, 2.05) is 18.2 Å². The summed E-state index contributed by atoms with van der Waals surface area (Å²) in [6, 6.07) is 11.6. The Hall–Kier alpha value is -2.73. The van der Waals surface area contributed by atoms with E-state index in [2.05, 4.69) is 15.1 Å². The van der Waals surface area contributed by atoms with E-state index in [4.69, 9.17) is 0 Å². The van der Waals surface area contributed by atoms with Gasteiger partial charge in [0, 0.05) is 54.5 Å². The zero-order chi connectivity index (χ0) is 23.9. The number of benzene rings is 2. The van der Waals surface area contributed by atoms with Gasteiger partial charge in [0.1, 0.15) is 5.82 Å². The third-order valence-corrected chi connectivity index (χ3v) is 8.68. The number of carbonyl (C=O) groups excluding carboxylic acids is 2. The Morgan fingerprint density at radius 1 is 0.886 bits per heavy atom. The van der Waals surface area contributed by atoms with E-state index in [1.54, 1.807) is 12.1 Å². The van der Waals surface area contributed by atoms with Crippen molar-refractivity contribution in [2.75, 3.05) is 19.6 Å². The Morgan fingerprint density at radius 3 is 2.43 bits per heavy atom. The van der Waals surface area contributed by atoms with Gasteiger partial charge in [0.2, 0.25) is 0 Å². The first-order valence-corrected chi connectivity index (χ1v) is 13.4. The van der Waals surface area contributed by atoms with Crippen molar-refractivity contribution in [1.82, 2.24) is 15.1 Å². The Labute approximate surface area is 206 Å². The van der Waals surface area contributed by atoms with Gasteiger partial charge in [-0.25, -0.2) is 4.39 Å². The molecule has 2 aliphatic heterocycles. The highest BCUT2D eigenvalue weighted by Crippen LogP contribution is 2.33. The van der Waals surface area contributed by atoms with Crippen molar-refractivity contribution in [2.45, 2.75) is 75.9 Å². The minimum Gasteiger partial charge on any atom is -0.349 e. The number of amides is 2. The third-order valence-electron chi connectivity index (χ3n) is 8.68. The first kappa shape index (κ1) is 22.7. The molecule has 6 heteroatoms. The molecule has 184 valence electrons. The van der Waals surface area contributed by atoms with Gasteiger partial charge in [-0.2, -0.15) is 0 Å². The zero-order valence-corrected chi connectivity index (χ0v) is 20.3. The van der Waals surface area contributed by atoms with Crippen LogP contribution in [0, 0.1) is 5.82 Å². The molecule has 0 unspecified atom stereocenters. The molecule has 3 fully saturated rings. The van der Waals surface area contributed by atoms with Gasteiger partial charge in [-0.1, -0.05) is 37.5 Å². The molecule has 35 heavy (non-hydrogen) atoms. The normalized spacial score (nSPS) is 23.4. The summed E-state index contributed by atoms with van der Waals surface area (Å²) in [7, 11) is 0. The van der Waals surface area contributed by atoms with Crippen LogP contribution in [-0.2, 0) is 6.42 Å². The molecule has 0 radical (unpaired) electrons. The molecule has 0 bridgehead atoms. The van der Waals surface area contributed by atoms with Gasteiger partial charge >= 0.3 is 0 Å². The van der Waals surface area contributed by atoms with Gasteiger partial charge in [-0.05, 0) is 67.9 Å². The molecular formula is C29H34FN3O2. The fraction of sp³-hybridized carbons (Fsp3) is 0.517. The minimum absolute atomic E-state index is 0.109. The average molecular weight is 476 g/mol. The molecule has 2 saturated carbocycles. The molecule has 2 aliphatic carbocycles. The number of fused-ring (bicyclic) bond motifs is 1. The summed E-state index contributed by atoms with van der Waals surface area (Å²) in [5.74, 6) is -0.506. The molecule has 4 aliphatic rings. The summed E-state index contributed by atoms with van der Waals surface area (Å²) in [4.78, 5) is 30.5. The second-order valence-corrected chi connectivity index (χ2v) is 10.8. The summed E-state index contributed by atoms with van der Waals surface area (Å²) in [6.45, 7) is 2.82. The summed E-state index contributed by atoms with van der Waals surface area (Å²) in [5.41, 5.74) is 3.30. The van der Waals surface area contributed by atoms with Crippen LogP contribution < -0.4 is 5.32 Å². The van der Waals surface area contributed by atoms with Crippen molar-refractivity contribution in [3.8, 4) is 11.1 Å². The van der Waals surface area contributed by atoms with Gasteiger partial charge in [0.15, 0.2) is 0 Å². The number of hydrogen-bond acceptors (Lipinski definition) is 3. The molecule has 2 aromatic carbocycles. The molecule has 1 saturated heterocycles. The maximum absolute atomic E-state index is 15.1. The van der Waals surface area contributed by atoms with E-state index in [0.717, 1.165) is 80.9 Å². The monoisotopic (exact) mass is 475 g/mol. The summed E-state index contributed by atoms with van der Waals surface area (Å²) in [6.07, 6.45) is 10.0. The minimum atomic E-state index is -0.408. The second-order valence-electron chi connectivity index (χ2n) is 10.8. The highest BCUT2D eigenvalue weighted by molar-refractivity contribution is 5.98. The van der Waals surface area contributed by atoms with E-state index in [0.29, 0.717) is 17.2 Å².